The standard InChI is InChI=1S/C19H16BrF2N.C2H6/c1-11-8-15(13-6-4-3-5-7-13)19(23-12(11)2)18-16(21)9-14(20)10-17(18)22;1-2/h3-7,9-11,23H,2,8H2,1H3;1-2H3. The highest BCUT2D eigenvalue weighted by Crippen LogP contribution is 2.38. The molecule has 1 N–H and O–H groups in total. The van der Waals surface area contributed by atoms with E-state index >= 15 is 0 Å². The molecule has 0 aromatic heterocycles. The highest BCUT2D eigenvalue weighted by atomic mass is 79.9. The van der Waals surface area contributed by atoms with Crippen molar-refractivity contribution in [3.05, 3.63) is 82.0 Å². The third kappa shape index (κ3) is 4.18. The van der Waals surface area contributed by atoms with Crippen LogP contribution in [0, 0.1) is 17.6 Å². The first kappa shape index (κ1) is 19.4. The van der Waals surface area contributed by atoms with Crippen molar-refractivity contribution in [1.82, 2.24) is 5.32 Å². The maximum Gasteiger partial charge on any atom is 0.136 e. The van der Waals surface area contributed by atoms with E-state index < -0.39 is 11.6 Å². The van der Waals surface area contributed by atoms with E-state index in [9.17, 15) is 8.78 Å². The zero-order chi connectivity index (χ0) is 18.6. The van der Waals surface area contributed by atoms with E-state index in [2.05, 4.69) is 27.8 Å². The summed E-state index contributed by atoms with van der Waals surface area (Å²) in [6.45, 7) is 10.0. The molecule has 0 fully saturated rings. The van der Waals surface area contributed by atoms with Gasteiger partial charge >= 0.3 is 0 Å². The molecule has 1 atom stereocenters. The van der Waals surface area contributed by atoms with Gasteiger partial charge in [0.2, 0.25) is 0 Å². The average molecular weight is 406 g/mol. The molecule has 1 unspecified atom stereocenters. The van der Waals surface area contributed by atoms with E-state index in [1.807, 2.05) is 51.1 Å². The van der Waals surface area contributed by atoms with E-state index in [1.165, 1.54) is 12.1 Å². The van der Waals surface area contributed by atoms with Gasteiger partial charge in [0.1, 0.15) is 11.6 Å². The van der Waals surface area contributed by atoms with Crippen LogP contribution in [0.4, 0.5) is 8.78 Å². The van der Waals surface area contributed by atoms with Crippen LogP contribution in [0.2, 0.25) is 0 Å². The lowest BCUT2D eigenvalue weighted by Gasteiger charge is -2.29. The molecule has 0 spiro atoms. The van der Waals surface area contributed by atoms with Crippen molar-refractivity contribution in [2.75, 3.05) is 0 Å². The number of rotatable bonds is 2. The van der Waals surface area contributed by atoms with Crippen LogP contribution in [-0.2, 0) is 0 Å². The van der Waals surface area contributed by atoms with E-state index in [1.54, 1.807) is 0 Å². The number of hydrogen-bond acceptors (Lipinski definition) is 1. The summed E-state index contributed by atoms with van der Waals surface area (Å²) in [5, 5.41) is 3.12. The summed E-state index contributed by atoms with van der Waals surface area (Å²) < 4.78 is 29.2. The Kier molecular flexibility index (Phi) is 6.54. The lowest BCUT2D eigenvalue weighted by atomic mass is 9.86. The van der Waals surface area contributed by atoms with Gasteiger partial charge in [0.25, 0.3) is 0 Å². The summed E-state index contributed by atoms with van der Waals surface area (Å²) in [5.74, 6) is -1.01. The second-order valence-corrected chi connectivity index (χ2v) is 6.64. The van der Waals surface area contributed by atoms with E-state index in [4.69, 9.17) is 0 Å². The Labute approximate surface area is 156 Å². The highest BCUT2D eigenvalue weighted by molar-refractivity contribution is 9.10. The molecule has 0 saturated carbocycles. The molecule has 25 heavy (non-hydrogen) atoms. The normalized spacial score (nSPS) is 16.9. The van der Waals surface area contributed by atoms with Crippen molar-refractivity contribution in [1.29, 1.82) is 0 Å². The molecule has 2 aromatic rings. The van der Waals surface area contributed by atoms with Crippen LogP contribution in [0.5, 0.6) is 0 Å². The molecule has 1 aliphatic rings. The maximum absolute atomic E-state index is 14.4. The van der Waals surface area contributed by atoms with Crippen LogP contribution in [0.15, 0.2) is 59.2 Å². The maximum atomic E-state index is 14.4. The summed E-state index contributed by atoms with van der Waals surface area (Å²) in [6, 6.07) is 12.2. The largest absolute Gasteiger partial charge is 0.358 e. The summed E-state index contributed by atoms with van der Waals surface area (Å²) in [5.41, 5.74) is 3.03. The molecule has 0 saturated heterocycles. The fourth-order valence-electron chi connectivity index (χ4n) is 2.79. The number of nitrogens with one attached hydrogen (secondary N) is 1. The van der Waals surface area contributed by atoms with Gasteiger partial charge in [0.15, 0.2) is 0 Å². The second-order valence-electron chi connectivity index (χ2n) is 5.72. The smallest absolute Gasteiger partial charge is 0.136 e. The van der Waals surface area contributed by atoms with Gasteiger partial charge < -0.3 is 5.32 Å². The monoisotopic (exact) mass is 405 g/mol. The van der Waals surface area contributed by atoms with Crippen LogP contribution in [0.1, 0.15) is 38.3 Å². The fraction of sp³-hybridized carbons (Fsp3) is 0.238. The quantitative estimate of drug-likeness (QED) is 0.581. The van der Waals surface area contributed by atoms with Gasteiger partial charge in [0.05, 0.1) is 11.3 Å². The van der Waals surface area contributed by atoms with Gasteiger partial charge in [0, 0.05) is 10.2 Å². The Morgan fingerprint density at radius 1 is 1.08 bits per heavy atom. The van der Waals surface area contributed by atoms with E-state index in [0.717, 1.165) is 16.8 Å². The first-order chi connectivity index (χ1) is 12.0. The number of benzene rings is 2. The Morgan fingerprint density at radius 2 is 1.64 bits per heavy atom. The SMILES string of the molecule is C=C1NC(c2c(F)cc(Br)cc2F)=C(c2ccccc2)CC1C.CC. The molecule has 0 aliphatic carbocycles. The first-order valence-electron chi connectivity index (χ1n) is 8.36. The third-order valence-electron chi connectivity index (χ3n) is 4.07. The van der Waals surface area contributed by atoms with Crippen LogP contribution in [0.3, 0.4) is 0 Å². The molecule has 3 rings (SSSR count). The Hall–Kier alpha value is -1.94. The van der Waals surface area contributed by atoms with Gasteiger partial charge in [-0.15, -0.1) is 0 Å². The highest BCUT2D eigenvalue weighted by Gasteiger charge is 2.26. The predicted octanol–water partition coefficient (Wildman–Crippen LogP) is 6.76. The van der Waals surface area contributed by atoms with Gasteiger partial charge in [-0.05, 0) is 35.6 Å². The first-order valence-corrected chi connectivity index (χ1v) is 9.16. The van der Waals surface area contributed by atoms with Crippen LogP contribution in [0.25, 0.3) is 11.3 Å². The fourth-order valence-corrected chi connectivity index (χ4v) is 3.19. The molecular weight excluding hydrogens is 384 g/mol. The van der Waals surface area contributed by atoms with Crippen molar-refractivity contribution in [2.45, 2.75) is 27.2 Å². The van der Waals surface area contributed by atoms with Gasteiger partial charge in [-0.25, -0.2) is 8.78 Å². The lowest BCUT2D eigenvalue weighted by molar-refractivity contribution is 0.569. The molecular formula is C21H22BrF2N. The molecule has 1 nitrogen and oxygen atoms in total. The van der Waals surface area contributed by atoms with Crippen molar-refractivity contribution in [2.24, 2.45) is 5.92 Å². The zero-order valence-electron chi connectivity index (χ0n) is 14.7. The Bertz CT molecular complexity index is 774. The number of halogens is 3. The molecule has 1 aliphatic heterocycles. The molecule has 2 aromatic carbocycles. The molecule has 0 bridgehead atoms. The van der Waals surface area contributed by atoms with Crippen molar-refractivity contribution in [3.63, 3.8) is 0 Å². The van der Waals surface area contributed by atoms with Crippen LogP contribution in [-0.4, -0.2) is 0 Å². The predicted molar refractivity (Wildman–Crippen MR) is 105 cm³/mol. The number of hydrogen-bond donors (Lipinski definition) is 1. The average Bonchev–Trinajstić information content (AvgIpc) is 2.59. The van der Waals surface area contributed by atoms with E-state index in [-0.39, 0.29) is 11.5 Å². The van der Waals surface area contributed by atoms with Crippen molar-refractivity contribution < 1.29 is 8.78 Å². The minimum absolute atomic E-state index is 0.0416. The van der Waals surface area contributed by atoms with E-state index in [0.29, 0.717) is 16.6 Å². The molecule has 1 heterocycles. The van der Waals surface area contributed by atoms with Gasteiger partial charge in [-0.3, -0.25) is 0 Å². The summed E-state index contributed by atoms with van der Waals surface area (Å²) >= 11 is 3.12. The lowest BCUT2D eigenvalue weighted by Crippen LogP contribution is -2.25. The minimum Gasteiger partial charge on any atom is -0.358 e. The van der Waals surface area contributed by atoms with Crippen molar-refractivity contribution in [3.8, 4) is 0 Å². The third-order valence-corrected chi connectivity index (χ3v) is 4.53. The van der Waals surface area contributed by atoms with Gasteiger partial charge in [-0.1, -0.05) is 73.6 Å². The Balaban J connectivity index is 0.00000109. The summed E-state index contributed by atoms with van der Waals surface area (Å²) in [7, 11) is 0. The Morgan fingerprint density at radius 3 is 2.20 bits per heavy atom. The molecule has 0 radical (unpaired) electrons. The minimum atomic E-state index is -0.602. The number of allylic oxidation sites excluding steroid dienone is 2. The molecule has 4 heteroatoms. The molecule has 0 amide bonds. The molecule has 132 valence electrons. The summed E-state index contributed by atoms with van der Waals surface area (Å²) in [4.78, 5) is 0. The second kappa shape index (κ2) is 8.43. The topological polar surface area (TPSA) is 12.0 Å². The summed E-state index contributed by atoms with van der Waals surface area (Å²) in [6.07, 6.45) is 0.681. The van der Waals surface area contributed by atoms with Crippen LogP contribution < -0.4 is 5.32 Å². The zero-order valence-corrected chi connectivity index (χ0v) is 16.3. The van der Waals surface area contributed by atoms with Gasteiger partial charge in [-0.2, -0.15) is 0 Å². The van der Waals surface area contributed by atoms with Crippen molar-refractivity contribution >= 4 is 27.2 Å². The van der Waals surface area contributed by atoms with Crippen LogP contribution >= 0.6 is 15.9 Å².